The van der Waals surface area contributed by atoms with Crippen molar-refractivity contribution in [3.8, 4) is 22.9 Å². The largest absolute Gasteiger partial charge is 0.439 e. The standard InChI is InChI=1S/C31H25N3O2/c1-20-18-19-23-22-12-7-13-24(29(22)36-30(23)32-20)25-14-8-15-26(33-25)31(2,3)27-16-9-17-28(34-27)35-21-10-5-4-6-11-21/h4-19H,1-3H3. The quantitative estimate of drug-likeness (QED) is 0.256. The number of aromatic nitrogens is 3. The van der Waals surface area contributed by atoms with E-state index in [0.29, 0.717) is 11.6 Å². The number of nitrogens with zero attached hydrogens (tertiary/aromatic N) is 3. The molecule has 2 aromatic carbocycles. The molecule has 36 heavy (non-hydrogen) atoms. The van der Waals surface area contributed by atoms with Crippen molar-refractivity contribution < 1.29 is 9.15 Å². The molecule has 4 heterocycles. The number of para-hydroxylation sites is 2. The number of hydrogen-bond acceptors (Lipinski definition) is 5. The molecule has 5 heteroatoms. The third-order valence-electron chi connectivity index (χ3n) is 6.50. The second-order valence-electron chi connectivity index (χ2n) is 9.40. The van der Waals surface area contributed by atoms with Gasteiger partial charge in [0.1, 0.15) is 11.3 Å². The highest BCUT2D eigenvalue weighted by atomic mass is 16.5. The van der Waals surface area contributed by atoms with E-state index in [1.165, 1.54) is 0 Å². The minimum atomic E-state index is -0.452. The summed E-state index contributed by atoms with van der Waals surface area (Å²) >= 11 is 0. The molecule has 0 bridgehead atoms. The molecular weight excluding hydrogens is 446 g/mol. The maximum absolute atomic E-state index is 6.22. The molecule has 0 aliphatic heterocycles. The van der Waals surface area contributed by atoms with Gasteiger partial charge in [0.2, 0.25) is 11.6 Å². The molecule has 6 rings (SSSR count). The maximum Gasteiger partial charge on any atom is 0.227 e. The van der Waals surface area contributed by atoms with E-state index in [1.54, 1.807) is 0 Å². The van der Waals surface area contributed by atoms with Crippen LogP contribution in [0.1, 0.15) is 30.9 Å². The van der Waals surface area contributed by atoms with E-state index in [-0.39, 0.29) is 0 Å². The fourth-order valence-corrected chi connectivity index (χ4v) is 4.47. The zero-order valence-electron chi connectivity index (χ0n) is 20.4. The molecule has 4 aromatic heterocycles. The van der Waals surface area contributed by atoms with Crippen LogP contribution >= 0.6 is 0 Å². The van der Waals surface area contributed by atoms with Crippen molar-refractivity contribution in [2.75, 3.05) is 0 Å². The van der Waals surface area contributed by atoms with Crippen LogP contribution in [-0.4, -0.2) is 15.0 Å². The highest BCUT2D eigenvalue weighted by Gasteiger charge is 2.27. The summed E-state index contributed by atoms with van der Waals surface area (Å²) in [6.45, 7) is 6.22. The molecule has 0 saturated carbocycles. The topological polar surface area (TPSA) is 61.0 Å². The van der Waals surface area contributed by atoms with Crippen LogP contribution in [0.5, 0.6) is 11.6 Å². The minimum Gasteiger partial charge on any atom is -0.439 e. The van der Waals surface area contributed by atoms with Gasteiger partial charge >= 0.3 is 0 Å². The molecule has 6 aromatic rings. The first-order chi connectivity index (χ1) is 17.5. The second-order valence-corrected chi connectivity index (χ2v) is 9.40. The number of rotatable bonds is 5. The normalized spacial score (nSPS) is 11.8. The number of furan rings is 1. The number of aryl methyl sites for hydroxylation is 1. The molecule has 0 radical (unpaired) electrons. The van der Waals surface area contributed by atoms with E-state index in [4.69, 9.17) is 19.1 Å². The maximum atomic E-state index is 6.22. The second kappa shape index (κ2) is 8.61. The number of pyridine rings is 3. The first-order valence-electron chi connectivity index (χ1n) is 12.0. The third-order valence-corrected chi connectivity index (χ3v) is 6.50. The lowest BCUT2D eigenvalue weighted by Crippen LogP contribution is -2.22. The summed E-state index contributed by atoms with van der Waals surface area (Å²) in [5.74, 6) is 1.31. The average molecular weight is 472 g/mol. The summed E-state index contributed by atoms with van der Waals surface area (Å²) < 4.78 is 12.2. The van der Waals surface area contributed by atoms with Crippen LogP contribution in [0.25, 0.3) is 33.3 Å². The highest BCUT2D eigenvalue weighted by molar-refractivity contribution is 6.08. The van der Waals surface area contributed by atoms with E-state index in [2.05, 4.69) is 31.0 Å². The van der Waals surface area contributed by atoms with Gasteiger partial charge in [-0.25, -0.2) is 9.97 Å². The minimum absolute atomic E-state index is 0.452. The Bertz CT molecular complexity index is 1700. The summed E-state index contributed by atoms with van der Waals surface area (Å²) in [5.41, 5.74) is 5.49. The zero-order valence-corrected chi connectivity index (χ0v) is 20.4. The van der Waals surface area contributed by atoms with Crippen LogP contribution in [0.15, 0.2) is 101 Å². The summed E-state index contributed by atoms with van der Waals surface area (Å²) in [7, 11) is 0. The van der Waals surface area contributed by atoms with Gasteiger partial charge in [-0.05, 0) is 69.3 Å². The molecule has 5 nitrogen and oxygen atoms in total. The molecule has 0 spiro atoms. The fraction of sp³-hybridized carbons (Fsp3) is 0.129. The Morgan fingerprint density at radius 3 is 2.25 bits per heavy atom. The van der Waals surface area contributed by atoms with Crippen LogP contribution in [0.3, 0.4) is 0 Å². The van der Waals surface area contributed by atoms with Crippen molar-refractivity contribution in [3.63, 3.8) is 0 Å². The summed E-state index contributed by atoms with van der Waals surface area (Å²) in [6.07, 6.45) is 0. The van der Waals surface area contributed by atoms with Crippen LogP contribution < -0.4 is 4.74 Å². The molecule has 0 aliphatic carbocycles. The Kier molecular flexibility index (Phi) is 5.26. The van der Waals surface area contributed by atoms with Crippen molar-refractivity contribution in [1.29, 1.82) is 0 Å². The van der Waals surface area contributed by atoms with Gasteiger partial charge in [0.15, 0.2) is 0 Å². The van der Waals surface area contributed by atoms with Crippen LogP contribution in [-0.2, 0) is 5.41 Å². The molecule has 0 fully saturated rings. The van der Waals surface area contributed by atoms with Gasteiger partial charge < -0.3 is 9.15 Å². The Balaban J connectivity index is 1.40. The van der Waals surface area contributed by atoms with Crippen molar-refractivity contribution in [1.82, 2.24) is 15.0 Å². The summed E-state index contributed by atoms with van der Waals surface area (Å²) in [6, 6.07) is 31.8. The van der Waals surface area contributed by atoms with Gasteiger partial charge in [-0.1, -0.05) is 42.5 Å². The van der Waals surface area contributed by atoms with Gasteiger partial charge in [-0.2, -0.15) is 0 Å². The van der Waals surface area contributed by atoms with Crippen molar-refractivity contribution in [2.24, 2.45) is 0 Å². The number of benzene rings is 2. The van der Waals surface area contributed by atoms with Gasteiger partial charge in [0.25, 0.3) is 0 Å². The number of hydrogen-bond donors (Lipinski definition) is 0. The monoisotopic (exact) mass is 471 g/mol. The Morgan fingerprint density at radius 2 is 1.42 bits per heavy atom. The number of ether oxygens (including phenoxy) is 1. The lowest BCUT2D eigenvalue weighted by Gasteiger charge is -2.24. The van der Waals surface area contributed by atoms with Gasteiger partial charge in [-0.3, -0.25) is 4.98 Å². The first-order valence-corrected chi connectivity index (χ1v) is 12.0. The van der Waals surface area contributed by atoms with Crippen molar-refractivity contribution >= 4 is 22.1 Å². The lowest BCUT2D eigenvalue weighted by molar-refractivity contribution is 0.454. The van der Waals surface area contributed by atoms with E-state index in [9.17, 15) is 0 Å². The van der Waals surface area contributed by atoms with Crippen molar-refractivity contribution in [2.45, 2.75) is 26.2 Å². The first kappa shape index (κ1) is 22.0. The van der Waals surface area contributed by atoms with Crippen LogP contribution in [0, 0.1) is 6.92 Å². The fourth-order valence-electron chi connectivity index (χ4n) is 4.47. The smallest absolute Gasteiger partial charge is 0.227 e. The Hall–Kier alpha value is -4.51. The van der Waals surface area contributed by atoms with Crippen LogP contribution in [0.2, 0.25) is 0 Å². The third kappa shape index (κ3) is 3.89. The summed E-state index contributed by atoms with van der Waals surface area (Å²) in [5, 5.41) is 2.04. The molecule has 176 valence electrons. The molecule has 0 amide bonds. The van der Waals surface area contributed by atoms with Gasteiger partial charge in [-0.15, -0.1) is 0 Å². The van der Waals surface area contributed by atoms with Crippen molar-refractivity contribution in [3.05, 3.63) is 114 Å². The van der Waals surface area contributed by atoms with E-state index < -0.39 is 5.41 Å². The molecular formula is C31H25N3O2. The molecule has 0 atom stereocenters. The highest BCUT2D eigenvalue weighted by Crippen LogP contribution is 2.36. The zero-order chi connectivity index (χ0) is 24.7. The number of fused-ring (bicyclic) bond motifs is 3. The predicted molar refractivity (Wildman–Crippen MR) is 142 cm³/mol. The SMILES string of the molecule is Cc1ccc2c(n1)oc1c(-c3cccc(C(C)(C)c4cccc(Oc5ccccc5)n4)n3)cccc12. The lowest BCUT2D eigenvalue weighted by atomic mass is 9.84. The molecule has 0 aliphatic rings. The molecule has 0 N–H and O–H groups in total. The molecule has 0 saturated heterocycles. The van der Waals surface area contributed by atoms with Crippen LogP contribution in [0.4, 0.5) is 0 Å². The average Bonchev–Trinajstić information content (AvgIpc) is 3.27. The van der Waals surface area contributed by atoms with E-state index >= 15 is 0 Å². The van der Waals surface area contributed by atoms with E-state index in [0.717, 1.165) is 50.4 Å². The Labute approximate surface area is 209 Å². The Morgan fingerprint density at radius 1 is 0.667 bits per heavy atom. The van der Waals surface area contributed by atoms with Gasteiger partial charge in [0.05, 0.1) is 17.1 Å². The predicted octanol–water partition coefficient (Wildman–Crippen LogP) is 7.86. The summed E-state index contributed by atoms with van der Waals surface area (Å²) in [4.78, 5) is 14.5. The van der Waals surface area contributed by atoms with Gasteiger partial charge in [0, 0.05) is 33.5 Å². The molecule has 0 unspecified atom stereocenters. The van der Waals surface area contributed by atoms with E-state index in [1.807, 2.05) is 91.9 Å².